The molecule has 0 spiro atoms. The highest BCUT2D eigenvalue weighted by atomic mass is 16.3. The monoisotopic (exact) mass is 357 g/mol. The fourth-order valence-corrected chi connectivity index (χ4v) is 2.95. The third kappa shape index (κ3) is 5.16. The zero-order valence-corrected chi connectivity index (χ0v) is 15.1. The van der Waals surface area contributed by atoms with Crippen molar-refractivity contribution in [2.24, 2.45) is 0 Å². The highest BCUT2D eigenvalue weighted by molar-refractivity contribution is 5.95. The van der Waals surface area contributed by atoms with Crippen molar-refractivity contribution < 1.29 is 9.90 Å². The molecule has 0 fully saturated rings. The first-order valence-electron chi connectivity index (χ1n) is 9.03. The van der Waals surface area contributed by atoms with Gasteiger partial charge in [0.2, 0.25) is 0 Å². The summed E-state index contributed by atoms with van der Waals surface area (Å²) in [6, 6.07) is 28.5. The van der Waals surface area contributed by atoms with Gasteiger partial charge >= 0.3 is 0 Å². The van der Waals surface area contributed by atoms with Crippen molar-refractivity contribution in [1.29, 1.82) is 0 Å². The van der Waals surface area contributed by atoms with E-state index in [-0.39, 0.29) is 18.6 Å². The molecule has 27 heavy (non-hydrogen) atoms. The van der Waals surface area contributed by atoms with Gasteiger partial charge in [0.25, 0.3) is 5.91 Å². The van der Waals surface area contributed by atoms with E-state index in [1.54, 1.807) is 23.2 Å². The molecular formula is C24H23NO2. The van der Waals surface area contributed by atoms with Gasteiger partial charge in [0, 0.05) is 11.8 Å². The Bertz CT molecular complexity index is 861. The van der Waals surface area contributed by atoms with E-state index in [4.69, 9.17) is 0 Å². The molecule has 1 N–H and O–H groups in total. The van der Waals surface area contributed by atoms with Crippen molar-refractivity contribution in [3.05, 3.63) is 114 Å². The lowest BCUT2D eigenvalue weighted by atomic mass is 10.0. The summed E-state index contributed by atoms with van der Waals surface area (Å²) in [7, 11) is 0. The quantitative estimate of drug-likeness (QED) is 0.681. The normalized spacial score (nSPS) is 12.0. The van der Waals surface area contributed by atoms with E-state index in [1.807, 2.05) is 84.9 Å². The topological polar surface area (TPSA) is 40.5 Å². The van der Waals surface area contributed by atoms with Crippen LogP contribution in [-0.2, 0) is 6.42 Å². The molecule has 0 aliphatic heterocycles. The minimum absolute atomic E-state index is 0.118. The van der Waals surface area contributed by atoms with Gasteiger partial charge in [-0.25, -0.2) is 0 Å². The molecular weight excluding hydrogens is 334 g/mol. The van der Waals surface area contributed by atoms with Crippen molar-refractivity contribution >= 4 is 12.0 Å². The summed E-state index contributed by atoms with van der Waals surface area (Å²) >= 11 is 0. The zero-order chi connectivity index (χ0) is 18.9. The van der Waals surface area contributed by atoms with Gasteiger partial charge in [-0.2, -0.15) is 0 Å². The van der Waals surface area contributed by atoms with Gasteiger partial charge < -0.3 is 10.0 Å². The Hall–Kier alpha value is -3.17. The van der Waals surface area contributed by atoms with Crippen LogP contribution in [0.2, 0.25) is 0 Å². The highest BCUT2D eigenvalue weighted by Gasteiger charge is 2.22. The molecule has 0 radical (unpaired) electrons. The second-order valence-electron chi connectivity index (χ2n) is 6.33. The Morgan fingerprint density at radius 1 is 0.852 bits per heavy atom. The Kier molecular flexibility index (Phi) is 6.55. The fraction of sp³-hybridized carbons (Fsp3) is 0.125. The molecule has 3 aromatic carbocycles. The standard InChI is InChI=1S/C24H23NO2/c26-19-23(18-21-12-6-2-7-13-21)25(17-16-20-10-4-1-5-11-20)24(27)22-14-8-3-9-15-22/h1-17,23,26H,18-19H2/b17-16+. The number of amides is 1. The molecule has 3 nitrogen and oxygen atoms in total. The summed E-state index contributed by atoms with van der Waals surface area (Å²) in [5.74, 6) is -0.127. The van der Waals surface area contributed by atoms with Crippen LogP contribution in [0.1, 0.15) is 21.5 Å². The van der Waals surface area contributed by atoms with Crippen LogP contribution >= 0.6 is 0 Å². The molecule has 0 aliphatic rings. The number of rotatable bonds is 7. The van der Waals surface area contributed by atoms with Crippen LogP contribution in [-0.4, -0.2) is 28.6 Å². The summed E-state index contributed by atoms with van der Waals surface area (Å²) in [5, 5.41) is 10.0. The van der Waals surface area contributed by atoms with Gasteiger partial charge in [-0.3, -0.25) is 4.79 Å². The van der Waals surface area contributed by atoms with Gasteiger partial charge in [0.15, 0.2) is 0 Å². The molecule has 136 valence electrons. The number of hydrogen-bond acceptors (Lipinski definition) is 2. The van der Waals surface area contributed by atoms with Gasteiger partial charge in [0.1, 0.15) is 0 Å². The lowest BCUT2D eigenvalue weighted by Gasteiger charge is -2.28. The van der Waals surface area contributed by atoms with Gasteiger partial charge in [0.05, 0.1) is 12.6 Å². The maximum atomic E-state index is 13.1. The van der Waals surface area contributed by atoms with Gasteiger partial charge in [-0.15, -0.1) is 0 Å². The number of carbonyl (C=O) groups is 1. The average molecular weight is 357 g/mol. The Balaban J connectivity index is 1.90. The summed E-state index contributed by atoms with van der Waals surface area (Å²) in [5.41, 5.74) is 2.68. The maximum Gasteiger partial charge on any atom is 0.258 e. The second kappa shape index (κ2) is 9.51. The number of benzene rings is 3. The molecule has 1 unspecified atom stereocenters. The van der Waals surface area contributed by atoms with Crippen LogP contribution < -0.4 is 0 Å². The first kappa shape index (κ1) is 18.6. The molecule has 0 aromatic heterocycles. The maximum absolute atomic E-state index is 13.1. The van der Waals surface area contributed by atoms with Crippen LogP contribution in [0.15, 0.2) is 97.2 Å². The molecule has 3 rings (SSSR count). The predicted octanol–water partition coefficient (Wildman–Crippen LogP) is 4.40. The summed E-state index contributed by atoms with van der Waals surface area (Å²) in [6.45, 7) is -0.118. The average Bonchev–Trinajstić information content (AvgIpc) is 2.75. The van der Waals surface area contributed by atoms with E-state index in [0.29, 0.717) is 12.0 Å². The molecule has 0 aliphatic carbocycles. The van der Waals surface area contributed by atoms with Crippen molar-refractivity contribution in [2.75, 3.05) is 6.61 Å². The summed E-state index contributed by atoms with van der Waals surface area (Å²) < 4.78 is 0. The molecule has 1 atom stereocenters. The minimum atomic E-state index is -0.347. The Morgan fingerprint density at radius 2 is 1.41 bits per heavy atom. The van der Waals surface area contributed by atoms with E-state index < -0.39 is 0 Å². The molecule has 3 heteroatoms. The number of aliphatic hydroxyl groups excluding tert-OH is 1. The largest absolute Gasteiger partial charge is 0.394 e. The van der Waals surface area contributed by atoms with E-state index in [0.717, 1.165) is 11.1 Å². The van der Waals surface area contributed by atoms with Crippen molar-refractivity contribution in [3.8, 4) is 0 Å². The van der Waals surface area contributed by atoms with Crippen molar-refractivity contribution in [3.63, 3.8) is 0 Å². The van der Waals surface area contributed by atoms with Crippen LogP contribution in [0.25, 0.3) is 6.08 Å². The second-order valence-corrected chi connectivity index (χ2v) is 6.33. The SMILES string of the molecule is O=C(c1ccccc1)N(/C=C/c1ccccc1)C(CO)Cc1ccccc1. The smallest absolute Gasteiger partial charge is 0.258 e. The van der Waals surface area contributed by atoms with Gasteiger partial charge in [-0.1, -0.05) is 78.9 Å². The van der Waals surface area contributed by atoms with Crippen LogP contribution in [0.3, 0.4) is 0 Å². The lowest BCUT2D eigenvalue weighted by molar-refractivity contribution is 0.0708. The molecule has 0 saturated carbocycles. The van der Waals surface area contributed by atoms with Crippen LogP contribution in [0.5, 0.6) is 0 Å². The fourth-order valence-electron chi connectivity index (χ4n) is 2.95. The third-order valence-corrected chi connectivity index (χ3v) is 4.40. The van der Waals surface area contributed by atoms with Crippen LogP contribution in [0, 0.1) is 0 Å². The minimum Gasteiger partial charge on any atom is -0.394 e. The Labute approximate surface area is 160 Å². The summed E-state index contributed by atoms with van der Waals surface area (Å²) in [4.78, 5) is 14.8. The highest BCUT2D eigenvalue weighted by Crippen LogP contribution is 2.15. The summed E-state index contributed by atoms with van der Waals surface area (Å²) in [6.07, 6.45) is 4.25. The number of hydrogen-bond donors (Lipinski definition) is 1. The van der Waals surface area contributed by atoms with Crippen molar-refractivity contribution in [1.82, 2.24) is 4.90 Å². The first-order chi connectivity index (χ1) is 13.3. The number of nitrogens with zero attached hydrogens (tertiary/aromatic N) is 1. The van der Waals surface area contributed by atoms with E-state index >= 15 is 0 Å². The predicted molar refractivity (Wildman–Crippen MR) is 109 cm³/mol. The third-order valence-electron chi connectivity index (χ3n) is 4.40. The van der Waals surface area contributed by atoms with Gasteiger partial charge in [-0.05, 0) is 35.8 Å². The lowest BCUT2D eigenvalue weighted by Crippen LogP contribution is -2.40. The molecule has 3 aromatic rings. The number of carbonyl (C=O) groups excluding carboxylic acids is 1. The zero-order valence-electron chi connectivity index (χ0n) is 15.1. The van der Waals surface area contributed by atoms with Crippen LogP contribution in [0.4, 0.5) is 0 Å². The van der Waals surface area contributed by atoms with E-state index in [9.17, 15) is 9.90 Å². The molecule has 0 heterocycles. The molecule has 1 amide bonds. The van der Waals surface area contributed by atoms with Crippen molar-refractivity contribution in [2.45, 2.75) is 12.5 Å². The first-order valence-corrected chi connectivity index (χ1v) is 9.03. The van der Waals surface area contributed by atoms with E-state index in [1.165, 1.54) is 0 Å². The van der Waals surface area contributed by atoms with E-state index in [2.05, 4.69) is 0 Å². The molecule has 0 saturated heterocycles. The number of aliphatic hydroxyl groups is 1. The Morgan fingerprint density at radius 3 is 2.00 bits per heavy atom. The molecule has 0 bridgehead atoms.